The normalized spacial score (nSPS) is 18.0. The van der Waals surface area contributed by atoms with Crippen LogP contribution in [0.4, 0.5) is 0 Å². The van der Waals surface area contributed by atoms with Gasteiger partial charge in [0.1, 0.15) is 5.69 Å². The number of rotatable bonds is 3. The predicted molar refractivity (Wildman–Crippen MR) is 101 cm³/mol. The van der Waals surface area contributed by atoms with E-state index in [9.17, 15) is 4.79 Å². The van der Waals surface area contributed by atoms with Crippen molar-refractivity contribution in [1.29, 1.82) is 0 Å². The zero-order valence-corrected chi connectivity index (χ0v) is 15.0. The number of aromatic nitrogens is 2. The number of hydrogen-bond acceptors (Lipinski definition) is 3. The van der Waals surface area contributed by atoms with Crippen LogP contribution in [0.3, 0.4) is 0 Å². The second-order valence-electron chi connectivity index (χ2n) is 6.93. The Labute approximate surface area is 153 Å². The second kappa shape index (κ2) is 7.30. The summed E-state index contributed by atoms with van der Waals surface area (Å²) >= 11 is 0. The number of pyridine rings is 1. The number of aryl methyl sites for hydroxylation is 1. The van der Waals surface area contributed by atoms with Crippen molar-refractivity contribution in [3.63, 3.8) is 0 Å². The van der Waals surface area contributed by atoms with Crippen molar-refractivity contribution in [2.45, 2.75) is 6.42 Å². The van der Waals surface area contributed by atoms with Crippen LogP contribution in [0.25, 0.3) is 10.9 Å². The highest BCUT2D eigenvalue weighted by Gasteiger charge is 2.24. The van der Waals surface area contributed by atoms with Gasteiger partial charge >= 0.3 is 0 Å². The summed E-state index contributed by atoms with van der Waals surface area (Å²) in [7, 11) is 2.06. The zero-order valence-electron chi connectivity index (χ0n) is 15.0. The van der Waals surface area contributed by atoms with Gasteiger partial charge in [0.05, 0.1) is 13.2 Å². The number of amides is 1. The molecule has 26 heavy (non-hydrogen) atoms. The molecule has 4 rings (SSSR count). The van der Waals surface area contributed by atoms with E-state index in [1.54, 1.807) is 12.3 Å². The first-order valence-electron chi connectivity index (χ1n) is 9.03. The highest BCUT2D eigenvalue weighted by Crippen LogP contribution is 2.20. The Balaban J connectivity index is 1.49. The van der Waals surface area contributed by atoms with Crippen molar-refractivity contribution in [1.82, 2.24) is 14.5 Å². The van der Waals surface area contributed by atoms with E-state index in [1.807, 2.05) is 17.0 Å². The first kappa shape index (κ1) is 16.8. The average Bonchev–Trinajstić information content (AvgIpc) is 2.89. The molecule has 0 N–H and O–H groups in total. The van der Waals surface area contributed by atoms with Gasteiger partial charge in [-0.2, -0.15) is 0 Å². The van der Waals surface area contributed by atoms with Gasteiger partial charge in [-0.15, -0.1) is 0 Å². The molecule has 0 radical (unpaired) electrons. The number of ether oxygens (including phenoxy) is 1. The summed E-state index contributed by atoms with van der Waals surface area (Å²) in [5, 5.41) is 1.25. The predicted octanol–water partition coefficient (Wildman–Crippen LogP) is 2.90. The van der Waals surface area contributed by atoms with E-state index in [0.717, 1.165) is 6.42 Å². The highest BCUT2D eigenvalue weighted by molar-refractivity contribution is 5.92. The van der Waals surface area contributed by atoms with Crippen molar-refractivity contribution in [2.75, 3.05) is 26.3 Å². The second-order valence-corrected chi connectivity index (χ2v) is 6.93. The lowest BCUT2D eigenvalue weighted by molar-refractivity contribution is 0.0731. The maximum Gasteiger partial charge on any atom is 0.272 e. The monoisotopic (exact) mass is 349 g/mol. The van der Waals surface area contributed by atoms with Gasteiger partial charge < -0.3 is 14.2 Å². The van der Waals surface area contributed by atoms with Gasteiger partial charge in [-0.05, 0) is 47.7 Å². The van der Waals surface area contributed by atoms with Crippen LogP contribution in [0.15, 0.2) is 54.9 Å². The van der Waals surface area contributed by atoms with Gasteiger partial charge in [0.25, 0.3) is 5.91 Å². The molecule has 0 unspecified atom stereocenters. The first-order valence-corrected chi connectivity index (χ1v) is 9.03. The molecule has 1 aliphatic heterocycles. The van der Waals surface area contributed by atoms with Crippen molar-refractivity contribution >= 4 is 16.8 Å². The fourth-order valence-corrected chi connectivity index (χ4v) is 3.63. The fourth-order valence-electron chi connectivity index (χ4n) is 3.63. The van der Waals surface area contributed by atoms with Crippen LogP contribution in [-0.2, 0) is 18.2 Å². The molecule has 5 nitrogen and oxygen atoms in total. The third-order valence-corrected chi connectivity index (χ3v) is 4.98. The SMILES string of the molecule is Cn1ccc2cc(C[C@H]3COCCN(C(=O)c4ccccn4)C3)ccc21. The first-order chi connectivity index (χ1) is 12.7. The molecule has 1 fully saturated rings. The lowest BCUT2D eigenvalue weighted by Gasteiger charge is -2.23. The summed E-state index contributed by atoms with van der Waals surface area (Å²) in [6.45, 7) is 2.57. The molecule has 0 saturated carbocycles. The zero-order chi connectivity index (χ0) is 17.9. The Morgan fingerprint density at radius 1 is 1.27 bits per heavy atom. The average molecular weight is 349 g/mol. The van der Waals surface area contributed by atoms with Crippen molar-refractivity contribution < 1.29 is 9.53 Å². The molecule has 1 aromatic carbocycles. The third-order valence-electron chi connectivity index (χ3n) is 4.98. The molecule has 0 aliphatic carbocycles. The molecular formula is C21H23N3O2. The summed E-state index contributed by atoms with van der Waals surface area (Å²) in [5.74, 6) is 0.269. The standard InChI is InChI=1S/C21H23N3O2/c1-23-9-7-18-13-16(5-6-20(18)23)12-17-14-24(10-11-26-15-17)21(25)19-4-2-3-8-22-19/h2-9,13,17H,10-12,14-15H2,1H3/t17-/m1/s1. The van der Waals surface area contributed by atoms with E-state index in [2.05, 4.69) is 47.1 Å². The number of hydrogen-bond donors (Lipinski definition) is 0. The van der Waals surface area contributed by atoms with Crippen LogP contribution >= 0.6 is 0 Å². The molecule has 3 heterocycles. The molecule has 0 bridgehead atoms. The molecule has 1 saturated heterocycles. The molecule has 134 valence electrons. The molecule has 3 aromatic rings. The Bertz CT molecular complexity index is 904. The lowest BCUT2D eigenvalue weighted by Crippen LogP contribution is -2.36. The minimum Gasteiger partial charge on any atom is -0.379 e. The van der Waals surface area contributed by atoms with Crippen LogP contribution in [0.1, 0.15) is 16.1 Å². The summed E-state index contributed by atoms with van der Waals surface area (Å²) in [6, 6.07) is 14.2. The summed E-state index contributed by atoms with van der Waals surface area (Å²) in [5.41, 5.74) is 3.01. The smallest absolute Gasteiger partial charge is 0.272 e. The van der Waals surface area contributed by atoms with Crippen molar-refractivity contribution in [3.05, 3.63) is 66.1 Å². The molecule has 2 aromatic heterocycles. The molecule has 1 atom stereocenters. The minimum absolute atomic E-state index is 0.0142. The maximum absolute atomic E-state index is 12.7. The van der Waals surface area contributed by atoms with Crippen LogP contribution in [0.5, 0.6) is 0 Å². The quantitative estimate of drug-likeness (QED) is 0.730. The van der Waals surface area contributed by atoms with Crippen LogP contribution < -0.4 is 0 Å². The van der Waals surface area contributed by atoms with Crippen LogP contribution in [0.2, 0.25) is 0 Å². The van der Waals surface area contributed by atoms with E-state index in [4.69, 9.17) is 4.74 Å². The molecule has 0 spiro atoms. The van der Waals surface area contributed by atoms with E-state index >= 15 is 0 Å². The van der Waals surface area contributed by atoms with E-state index in [0.29, 0.717) is 32.0 Å². The van der Waals surface area contributed by atoms with Gasteiger partial charge in [-0.3, -0.25) is 9.78 Å². The fraction of sp³-hybridized carbons (Fsp3) is 0.333. The number of fused-ring (bicyclic) bond motifs is 1. The van der Waals surface area contributed by atoms with Gasteiger partial charge in [0.15, 0.2) is 0 Å². The third kappa shape index (κ3) is 3.48. The van der Waals surface area contributed by atoms with E-state index in [-0.39, 0.29) is 11.8 Å². The largest absolute Gasteiger partial charge is 0.379 e. The number of carbonyl (C=O) groups is 1. The Morgan fingerprint density at radius 3 is 3.04 bits per heavy atom. The van der Waals surface area contributed by atoms with E-state index < -0.39 is 0 Å². The van der Waals surface area contributed by atoms with Gasteiger partial charge in [-0.25, -0.2) is 0 Å². The lowest BCUT2D eigenvalue weighted by atomic mass is 9.98. The molecule has 5 heteroatoms. The Kier molecular flexibility index (Phi) is 4.71. The van der Waals surface area contributed by atoms with Gasteiger partial charge in [0, 0.05) is 44.0 Å². The van der Waals surface area contributed by atoms with Gasteiger partial charge in [-0.1, -0.05) is 12.1 Å². The molecular weight excluding hydrogens is 326 g/mol. The minimum atomic E-state index is -0.0142. The van der Waals surface area contributed by atoms with Crippen molar-refractivity contribution in [2.24, 2.45) is 13.0 Å². The number of nitrogens with zero attached hydrogens (tertiary/aromatic N) is 3. The summed E-state index contributed by atoms with van der Waals surface area (Å²) < 4.78 is 7.89. The Hall–Kier alpha value is -2.66. The highest BCUT2D eigenvalue weighted by atomic mass is 16.5. The molecule has 1 amide bonds. The Morgan fingerprint density at radius 2 is 2.19 bits per heavy atom. The summed E-state index contributed by atoms with van der Waals surface area (Å²) in [4.78, 5) is 18.8. The van der Waals surface area contributed by atoms with E-state index in [1.165, 1.54) is 16.5 Å². The topological polar surface area (TPSA) is 47.4 Å². The van der Waals surface area contributed by atoms with Gasteiger partial charge in [0.2, 0.25) is 0 Å². The van der Waals surface area contributed by atoms with Crippen LogP contribution in [-0.4, -0.2) is 46.7 Å². The maximum atomic E-state index is 12.7. The number of carbonyl (C=O) groups excluding carboxylic acids is 1. The number of benzene rings is 1. The van der Waals surface area contributed by atoms with Crippen LogP contribution in [0, 0.1) is 5.92 Å². The van der Waals surface area contributed by atoms with Crippen molar-refractivity contribution in [3.8, 4) is 0 Å². The summed E-state index contributed by atoms with van der Waals surface area (Å²) in [6.07, 6.45) is 4.64. The molecule has 1 aliphatic rings.